The molecule has 228 valence electrons. The average molecular weight is 593 g/mol. The molecule has 0 saturated carbocycles. The number of carbonyl (C=O) groups excluding carboxylic acids is 2. The summed E-state index contributed by atoms with van der Waals surface area (Å²) in [6.07, 6.45) is 9.28. The summed E-state index contributed by atoms with van der Waals surface area (Å²) in [6.45, 7) is 6.95. The lowest BCUT2D eigenvalue weighted by Crippen LogP contribution is -2.65. The van der Waals surface area contributed by atoms with Crippen molar-refractivity contribution in [2.75, 3.05) is 19.8 Å². The Kier molecular flexibility index (Phi) is 16.0. The van der Waals surface area contributed by atoms with E-state index < -0.39 is 47.2 Å². The second kappa shape index (κ2) is 18.1. The van der Waals surface area contributed by atoms with Gasteiger partial charge in [-0.15, -0.1) is 23.4 Å². The first-order valence-corrected chi connectivity index (χ1v) is 16.7. The van der Waals surface area contributed by atoms with Crippen LogP contribution in [0.2, 0.25) is 0 Å². The molecule has 0 bridgehead atoms. The summed E-state index contributed by atoms with van der Waals surface area (Å²) in [6, 6.07) is -1.00. The maximum atomic E-state index is 13.2. The van der Waals surface area contributed by atoms with Gasteiger partial charge in [0.25, 0.3) is 0 Å². The predicted octanol–water partition coefficient (Wildman–Crippen LogP) is 4.47. The molecule has 10 heteroatoms. The normalized spacial score (nSPS) is 31.1. The van der Waals surface area contributed by atoms with Gasteiger partial charge in [0, 0.05) is 13.0 Å². The average Bonchev–Trinajstić information content (AvgIpc) is 3.27. The van der Waals surface area contributed by atoms with E-state index in [2.05, 4.69) is 24.1 Å². The van der Waals surface area contributed by atoms with Crippen molar-refractivity contribution < 1.29 is 29.3 Å². The van der Waals surface area contributed by atoms with Gasteiger partial charge in [-0.2, -0.15) is 0 Å². The van der Waals surface area contributed by atoms with Crippen LogP contribution in [0.1, 0.15) is 97.8 Å². The molecule has 2 rings (SSSR count). The van der Waals surface area contributed by atoms with E-state index in [0.29, 0.717) is 5.92 Å². The zero-order valence-electron chi connectivity index (χ0n) is 24.6. The maximum Gasteiger partial charge on any atom is 0.306 e. The molecule has 1 amide bonds. The van der Waals surface area contributed by atoms with Crippen LogP contribution in [0.5, 0.6) is 0 Å². The molecule has 5 unspecified atom stereocenters. The largest absolute Gasteiger partial charge is 0.456 e. The molecule has 9 atom stereocenters. The van der Waals surface area contributed by atoms with Gasteiger partial charge >= 0.3 is 5.97 Å². The number of halogens is 1. The minimum Gasteiger partial charge on any atom is -0.456 e. The van der Waals surface area contributed by atoms with Crippen LogP contribution in [0.4, 0.5) is 0 Å². The van der Waals surface area contributed by atoms with Crippen LogP contribution in [0, 0.1) is 5.92 Å². The minimum absolute atomic E-state index is 0.154. The highest BCUT2D eigenvalue weighted by Gasteiger charge is 2.50. The van der Waals surface area contributed by atoms with Crippen molar-refractivity contribution in [3.05, 3.63) is 0 Å². The van der Waals surface area contributed by atoms with E-state index in [1.807, 2.05) is 7.05 Å². The van der Waals surface area contributed by atoms with Crippen molar-refractivity contribution in [3.8, 4) is 0 Å². The monoisotopic (exact) mass is 592 g/mol. The van der Waals surface area contributed by atoms with Gasteiger partial charge in [0.1, 0.15) is 23.7 Å². The van der Waals surface area contributed by atoms with Crippen LogP contribution in [-0.4, -0.2) is 94.2 Å². The fourth-order valence-corrected chi connectivity index (χ4v) is 6.77. The first kappa shape index (κ1) is 34.6. The molecule has 8 nitrogen and oxygen atoms in total. The van der Waals surface area contributed by atoms with E-state index in [0.717, 1.165) is 45.1 Å². The molecule has 0 aromatic rings. The van der Waals surface area contributed by atoms with Crippen molar-refractivity contribution in [1.29, 1.82) is 0 Å². The van der Waals surface area contributed by atoms with Gasteiger partial charge in [0.05, 0.1) is 17.5 Å². The number of hydrogen-bond acceptors (Lipinski definition) is 8. The Morgan fingerprint density at radius 1 is 1.08 bits per heavy atom. The quantitative estimate of drug-likeness (QED) is 0.129. The summed E-state index contributed by atoms with van der Waals surface area (Å²) in [4.78, 5) is 27.9. The lowest BCUT2D eigenvalue weighted by Gasteiger charge is -2.45. The summed E-state index contributed by atoms with van der Waals surface area (Å²) in [5.74, 6) is -0.0820. The minimum atomic E-state index is -1.38. The molecule has 2 fully saturated rings. The van der Waals surface area contributed by atoms with Gasteiger partial charge in [-0.25, -0.2) is 0 Å². The Hall–Kier alpha value is -0.580. The van der Waals surface area contributed by atoms with Crippen LogP contribution in [-0.2, 0) is 19.1 Å². The second-order valence-corrected chi connectivity index (χ2v) is 13.0. The van der Waals surface area contributed by atoms with E-state index in [4.69, 9.17) is 21.1 Å². The van der Waals surface area contributed by atoms with Crippen LogP contribution in [0.15, 0.2) is 0 Å². The van der Waals surface area contributed by atoms with Crippen molar-refractivity contribution in [2.24, 2.45) is 5.92 Å². The lowest BCUT2D eigenvalue weighted by molar-refractivity contribution is -0.218. The molecule has 0 aromatic carbocycles. The molecule has 2 aliphatic rings. The number of unbranched alkanes of at least 4 members (excludes halogenated alkanes) is 7. The Bertz CT molecular complexity index is 730. The second-order valence-electron chi connectivity index (χ2n) is 11.4. The summed E-state index contributed by atoms with van der Waals surface area (Å²) in [5.41, 5.74) is -0.700. The van der Waals surface area contributed by atoms with Crippen molar-refractivity contribution >= 4 is 35.2 Å². The van der Waals surface area contributed by atoms with Gasteiger partial charge in [-0.1, -0.05) is 65.2 Å². The summed E-state index contributed by atoms with van der Waals surface area (Å²) < 4.78 is 11.8. The highest BCUT2D eigenvalue weighted by molar-refractivity contribution is 7.99. The van der Waals surface area contributed by atoms with Crippen molar-refractivity contribution in [2.45, 2.75) is 145 Å². The molecule has 3 N–H and O–H groups in total. The molecule has 0 aromatic heterocycles. The number of thioether (sulfide) groups is 1. The molecule has 0 aliphatic carbocycles. The summed E-state index contributed by atoms with van der Waals surface area (Å²) in [5, 5.41) is 24.5. The molecule has 2 aliphatic heterocycles. The molecular weight excluding hydrogens is 540 g/mol. The van der Waals surface area contributed by atoms with Gasteiger partial charge < -0.3 is 25.0 Å². The maximum absolute atomic E-state index is 13.2. The number of nitrogens with one attached hydrogen (secondary N) is 1. The number of ether oxygens (including phenoxy) is 2. The number of aliphatic hydroxyl groups excluding tert-OH is 2. The van der Waals surface area contributed by atoms with Gasteiger partial charge in [0.2, 0.25) is 5.91 Å². The predicted molar refractivity (Wildman–Crippen MR) is 158 cm³/mol. The number of likely N-dealkylation sites (N-methyl/N-ethyl adjacent to an activating group) is 1. The number of nitrogens with zero attached hydrogens (tertiary/aromatic N) is 1. The van der Waals surface area contributed by atoms with Crippen LogP contribution in [0.25, 0.3) is 0 Å². The number of carbonyl (C=O) groups is 2. The third kappa shape index (κ3) is 10.6. The van der Waals surface area contributed by atoms with Crippen LogP contribution >= 0.6 is 23.4 Å². The highest BCUT2D eigenvalue weighted by atomic mass is 35.5. The Morgan fingerprint density at radius 3 is 2.31 bits per heavy atom. The number of amides is 1. The van der Waals surface area contributed by atoms with Gasteiger partial charge in [-0.3, -0.25) is 14.5 Å². The molecule has 2 saturated heterocycles. The zero-order chi connectivity index (χ0) is 28.9. The fourth-order valence-electron chi connectivity index (χ4n) is 5.84. The molecule has 0 radical (unpaired) electrons. The number of rotatable bonds is 17. The van der Waals surface area contributed by atoms with Crippen LogP contribution in [0.3, 0.4) is 0 Å². The van der Waals surface area contributed by atoms with E-state index in [1.54, 1.807) is 13.2 Å². The SMILES string of the molecule is CCCCCCCCCCC(=O)OC1C(SC)OC([C@H](NC(=O)[C@@H]2C[C@@H](CCC)CN2C)[C@H](C)Cl)C(O)C1O. The molecule has 0 spiro atoms. The third-order valence-electron chi connectivity index (χ3n) is 8.11. The Balaban J connectivity index is 1.92. The third-order valence-corrected chi connectivity index (χ3v) is 9.22. The number of hydrogen-bond donors (Lipinski definition) is 3. The topological polar surface area (TPSA) is 108 Å². The summed E-state index contributed by atoms with van der Waals surface area (Å²) in [7, 11) is 1.95. The van der Waals surface area contributed by atoms with Gasteiger partial charge in [-0.05, 0) is 45.4 Å². The number of esters is 1. The molecular formula is C29H53ClN2O6S. The van der Waals surface area contributed by atoms with E-state index in [-0.39, 0.29) is 18.4 Å². The first-order chi connectivity index (χ1) is 18.6. The standard InChI is InChI=1S/C29H53ClN2O6S/c1-6-8-9-10-11-12-13-14-16-22(33)37-27-25(35)24(34)26(38-29(27)39-5)23(19(3)30)31-28(36)21-17-20(15-7-2)18-32(21)4/h19-21,23-27,29,34-35H,6-18H2,1-5H3,(H,31,36)/t19-,20+,21-,23+,24?,25?,26?,27?,29?/m0/s1. The molecule has 2 heterocycles. The first-order valence-electron chi connectivity index (χ1n) is 15.0. The zero-order valence-corrected chi connectivity index (χ0v) is 26.2. The Labute approximate surface area is 245 Å². The lowest BCUT2D eigenvalue weighted by atomic mass is 9.92. The van der Waals surface area contributed by atoms with Crippen molar-refractivity contribution in [3.63, 3.8) is 0 Å². The number of alkyl halides is 1. The number of likely N-dealkylation sites (tertiary alicyclic amines) is 1. The van der Waals surface area contributed by atoms with E-state index in [9.17, 15) is 19.8 Å². The smallest absolute Gasteiger partial charge is 0.306 e. The molecule has 39 heavy (non-hydrogen) atoms. The van der Waals surface area contributed by atoms with Crippen LogP contribution < -0.4 is 5.32 Å². The summed E-state index contributed by atoms with van der Waals surface area (Å²) >= 11 is 7.78. The highest BCUT2D eigenvalue weighted by Crippen LogP contribution is 2.33. The van der Waals surface area contributed by atoms with Crippen molar-refractivity contribution in [1.82, 2.24) is 10.2 Å². The van der Waals surface area contributed by atoms with Gasteiger partial charge in [0.15, 0.2) is 6.10 Å². The fraction of sp³-hybridized carbons (Fsp3) is 0.931. The number of aliphatic hydroxyl groups is 2. The van der Waals surface area contributed by atoms with E-state index >= 15 is 0 Å². The van der Waals surface area contributed by atoms with E-state index in [1.165, 1.54) is 43.9 Å². The Morgan fingerprint density at radius 2 is 1.72 bits per heavy atom.